The molecule has 0 atom stereocenters. The number of urea groups is 1. The predicted molar refractivity (Wildman–Crippen MR) is 76.2 cm³/mol. The summed E-state index contributed by atoms with van der Waals surface area (Å²) in [6, 6.07) is 15.9. The Kier molecular flexibility index (Phi) is 4.15. The van der Waals surface area contributed by atoms with Crippen LogP contribution >= 0.6 is 0 Å². The highest BCUT2D eigenvalue weighted by molar-refractivity contribution is 5.71. The lowest BCUT2D eigenvalue weighted by molar-refractivity contribution is 0.244. The number of carbonyl (C=O) groups excluding carboxylic acids is 1. The molecule has 4 N–H and O–H groups in total. The van der Waals surface area contributed by atoms with Crippen LogP contribution in [0.3, 0.4) is 0 Å². The molecule has 4 nitrogen and oxygen atoms in total. The average molecular weight is 255 g/mol. The van der Waals surface area contributed by atoms with Crippen LogP contribution in [0.2, 0.25) is 0 Å². The molecule has 2 aromatic carbocycles. The van der Waals surface area contributed by atoms with Gasteiger partial charge < -0.3 is 5.73 Å². The Bertz CT molecular complexity index is 567. The summed E-state index contributed by atoms with van der Waals surface area (Å²) in [4.78, 5) is 10.6. The van der Waals surface area contributed by atoms with Gasteiger partial charge in [-0.2, -0.15) is 0 Å². The van der Waals surface area contributed by atoms with Gasteiger partial charge in [-0.3, -0.25) is 5.43 Å². The molecule has 0 heterocycles. The second-order valence-corrected chi connectivity index (χ2v) is 4.35. The lowest BCUT2D eigenvalue weighted by Gasteiger charge is -2.10. The van der Waals surface area contributed by atoms with Gasteiger partial charge >= 0.3 is 6.03 Å². The second kappa shape index (κ2) is 6.02. The molecular formula is C15H17N3O. The SMILES string of the molecule is Cc1ccc(-c2ccccc2)cc1CNNC(N)=O. The first-order chi connectivity index (χ1) is 9.16. The van der Waals surface area contributed by atoms with E-state index in [9.17, 15) is 4.79 Å². The number of benzene rings is 2. The Morgan fingerprint density at radius 2 is 1.84 bits per heavy atom. The van der Waals surface area contributed by atoms with E-state index in [1.807, 2.05) is 25.1 Å². The van der Waals surface area contributed by atoms with Crippen LogP contribution in [0.15, 0.2) is 48.5 Å². The highest BCUT2D eigenvalue weighted by Gasteiger charge is 2.02. The number of hydrogen-bond donors (Lipinski definition) is 3. The minimum absolute atomic E-state index is 0.537. The van der Waals surface area contributed by atoms with Crippen molar-refractivity contribution in [2.45, 2.75) is 13.5 Å². The molecule has 2 amide bonds. The first-order valence-electron chi connectivity index (χ1n) is 6.10. The topological polar surface area (TPSA) is 67.2 Å². The van der Waals surface area contributed by atoms with Gasteiger partial charge in [0, 0.05) is 6.54 Å². The third-order valence-corrected chi connectivity index (χ3v) is 2.95. The van der Waals surface area contributed by atoms with Gasteiger partial charge in [0.15, 0.2) is 0 Å². The number of hydrogen-bond acceptors (Lipinski definition) is 2. The maximum absolute atomic E-state index is 10.6. The smallest absolute Gasteiger partial charge is 0.326 e. The molecule has 0 aromatic heterocycles. The van der Waals surface area contributed by atoms with Crippen molar-refractivity contribution in [1.82, 2.24) is 10.9 Å². The molecule has 0 saturated heterocycles. The van der Waals surface area contributed by atoms with Crippen molar-refractivity contribution < 1.29 is 4.79 Å². The summed E-state index contributed by atoms with van der Waals surface area (Å²) in [7, 11) is 0. The van der Waals surface area contributed by atoms with Crippen molar-refractivity contribution in [2.24, 2.45) is 5.73 Å². The number of aryl methyl sites for hydroxylation is 1. The van der Waals surface area contributed by atoms with Gasteiger partial charge in [-0.15, -0.1) is 0 Å². The quantitative estimate of drug-likeness (QED) is 0.734. The number of nitrogens with two attached hydrogens (primary N) is 1. The predicted octanol–water partition coefficient (Wildman–Crippen LogP) is 2.33. The van der Waals surface area contributed by atoms with Gasteiger partial charge in [0.1, 0.15) is 0 Å². The minimum atomic E-state index is -0.586. The van der Waals surface area contributed by atoms with Crippen molar-refractivity contribution in [3.63, 3.8) is 0 Å². The van der Waals surface area contributed by atoms with E-state index in [-0.39, 0.29) is 0 Å². The van der Waals surface area contributed by atoms with Crippen LogP contribution in [0.1, 0.15) is 11.1 Å². The number of carbonyl (C=O) groups is 1. The van der Waals surface area contributed by atoms with Crippen LogP contribution in [-0.4, -0.2) is 6.03 Å². The van der Waals surface area contributed by atoms with Crippen LogP contribution < -0.4 is 16.6 Å². The van der Waals surface area contributed by atoms with Crippen LogP contribution in [-0.2, 0) is 6.54 Å². The molecule has 4 heteroatoms. The zero-order valence-electron chi connectivity index (χ0n) is 10.8. The highest BCUT2D eigenvalue weighted by Crippen LogP contribution is 2.22. The number of hydrazine groups is 1. The van der Waals surface area contributed by atoms with E-state index in [4.69, 9.17) is 5.73 Å². The summed E-state index contributed by atoms with van der Waals surface area (Å²) >= 11 is 0. The monoisotopic (exact) mass is 255 g/mol. The van der Waals surface area contributed by atoms with E-state index in [0.29, 0.717) is 6.54 Å². The van der Waals surface area contributed by atoms with Crippen LogP contribution in [0.25, 0.3) is 11.1 Å². The van der Waals surface area contributed by atoms with E-state index in [0.717, 1.165) is 11.1 Å². The molecule has 2 aromatic rings. The Morgan fingerprint density at radius 3 is 2.53 bits per heavy atom. The maximum atomic E-state index is 10.6. The molecule has 0 saturated carbocycles. The zero-order valence-corrected chi connectivity index (χ0v) is 10.8. The van der Waals surface area contributed by atoms with E-state index in [1.165, 1.54) is 11.1 Å². The van der Waals surface area contributed by atoms with Crippen molar-refractivity contribution in [1.29, 1.82) is 0 Å². The molecule has 0 unspecified atom stereocenters. The minimum Gasteiger partial charge on any atom is -0.351 e. The lowest BCUT2D eigenvalue weighted by atomic mass is 10.00. The van der Waals surface area contributed by atoms with Crippen LogP contribution in [0.4, 0.5) is 4.79 Å². The summed E-state index contributed by atoms with van der Waals surface area (Å²) < 4.78 is 0. The molecule has 0 bridgehead atoms. The Balaban J connectivity index is 2.18. The van der Waals surface area contributed by atoms with Gasteiger partial charge in [-0.05, 0) is 35.2 Å². The summed E-state index contributed by atoms with van der Waals surface area (Å²) in [5.41, 5.74) is 14.8. The molecule has 0 aliphatic rings. The Morgan fingerprint density at radius 1 is 1.11 bits per heavy atom. The van der Waals surface area contributed by atoms with Crippen molar-refractivity contribution in [3.05, 3.63) is 59.7 Å². The third-order valence-electron chi connectivity index (χ3n) is 2.95. The second-order valence-electron chi connectivity index (χ2n) is 4.35. The molecular weight excluding hydrogens is 238 g/mol. The van der Waals surface area contributed by atoms with E-state index < -0.39 is 6.03 Å². The molecule has 19 heavy (non-hydrogen) atoms. The standard InChI is InChI=1S/C15H17N3O/c1-11-7-8-13(12-5-3-2-4-6-12)9-14(11)10-17-18-15(16)19/h2-9,17H,10H2,1H3,(H3,16,18,19). The van der Waals surface area contributed by atoms with Gasteiger partial charge in [0.05, 0.1) is 0 Å². The number of amides is 2. The molecule has 0 aliphatic heterocycles. The summed E-state index contributed by atoms with van der Waals surface area (Å²) in [6.45, 7) is 2.57. The lowest BCUT2D eigenvalue weighted by Crippen LogP contribution is -2.40. The third kappa shape index (κ3) is 3.56. The largest absolute Gasteiger partial charge is 0.351 e. The van der Waals surface area contributed by atoms with Crippen molar-refractivity contribution >= 4 is 6.03 Å². The normalized spacial score (nSPS) is 10.2. The Hall–Kier alpha value is -2.33. The zero-order chi connectivity index (χ0) is 13.7. The molecule has 0 fully saturated rings. The van der Waals surface area contributed by atoms with Gasteiger partial charge in [0.2, 0.25) is 0 Å². The first kappa shape index (κ1) is 13.1. The molecule has 0 spiro atoms. The fourth-order valence-corrected chi connectivity index (χ4v) is 1.90. The summed E-state index contributed by atoms with van der Waals surface area (Å²) in [6.07, 6.45) is 0. The average Bonchev–Trinajstić information content (AvgIpc) is 2.41. The molecule has 0 radical (unpaired) electrons. The Labute approximate surface area is 112 Å². The fourth-order valence-electron chi connectivity index (χ4n) is 1.90. The van der Waals surface area contributed by atoms with Gasteiger partial charge in [-0.25, -0.2) is 10.2 Å². The molecule has 98 valence electrons. The van der Waals surface area contributed by atoms with E-state index >= 15 is 0 Å². The first-order valence-corrected chi connectivity index (χ1v) is 6.10. The van der Waals surface area contributed by atoms with Gasteiger partial charge in [0.25, 0.3) is 0 Å². The van der Waals surface area contributed by atoms with E-state index in [1.54, 1.807) is 0 Å². The van der Waals surface area contributed by atoms with Crippen LogP contribution in [0.5, 0.6) is 0 Å². The molecule has 0 aliphatic carbocycles. The number of rotatable bonds is 4. The van der Waals surface area contributed by atoms with Crippen molar-refractivity contribution in [3.8, 4) is 11.1 Å². The molecule has 2 rings (SSSR count). The summed E-state index contributed by atoms with van der Waals surface area (Å²) in [5.74, 6) is 0. The van der Waals surface area contributed by atoms with Gasteiger partial charge in [-0.1, -0.05) is 42.5 Å². The highest BCUT2D eigenvalue weighted by atomic mass is 16.2. The maximum Gasteiger partial charge on any atom is 0.326 e. The summed E-state index contributed by atoms with van der Waals surface area (Å²) in [5, 5.41) is 0. The van der Waals surface area contributed by atoms with Crippen molar-refractivity contribution in [2.75, 3.05) is 0 Å². The number of nitrogens with one attached hydrogen (secondary N) is 2. The van der Waals surface area contributed by atoms with Crippen LogP contribution in [0, 0.1) is 6.92 Å². The number of primary amides is 1. The fraction of sp³-hybridized carbons (Fsp3) is 0.133. The van der Waals surface area contributed by atoms with E-state index in [2.05, 4.69) is 41.2 Å².